The van der Waals surface area contributed by atoms with E-state index in [2.05, 4.69) is 20.6 Å². The highest BCUT2D eigenvalue weighted by Crippen LogP contribution is 2.26. The Labute approximate surface area is 183 Å². The average Bonchev–Trinajstić information content (AvgIpc) is 2.72. The molecular weight excluding hydrogens is 427 g/mol. The third-order valence-corrected chi connectivity index (χ3v) is 5.14. The van der Waals surface area contributed by atoms with Crippen LogP contribution in [0.1, 0.15) is 11.1 Å². The molecule has 0 atom stereocenters. The first-order valence-corrected chi connectivity index (χ1v) is 10.1. The lowest BCUT2D eigenvalue weighted by Gasteiger charge is -2.12. The van der Waals surface area contributed by atoms with Crippen molar-refractivity contribution in [3.05, 3.63) is 92.9 Å². The maximum absolute atomic E-state index is 6.17. The standard InChI is InChI=1S/C22H17Cl3N4/c23-16-5-1-14(2-6-16)12-26-21-19-10-9-18(25)11-20(19)28-22(29-21)27-13-15-3-7-17(24)8-4-15/h1-11H,12-13H2,(H2,26,27,28,29). The number of aromatic nitrogens is 2. The van der Waals surface area contributed by atoms with Gasteiger partial charge in [0.05, 0.1) is 5.52 Å². The molecule has 29 heavy (non-hydrogen) atoms. The molecule has 0 spiro atoms. The first-order valence-electron chi connectivity index (χ1n) is 9.01. The Bertz CT molecular complexity index is 1130. The molecule has 4 aromatic rings. The van der Waals surface area contributed by atoms with E-state index in [9.17, 15) is 0 Å². The molecule has 4 rings (SSSR count). The van der Waals surface area contributed by atoms with Crippen LogP contribution in [0, 0.1) is 0 Å². The fourth-order valence-corrected chi connectivity index (χ4v) is 3.31. The molecule has 0 amide bonds. The Morgan fingerprint density at radius 2 is 1.17 bits per heavy atom. The summed E-state index contributed by atoms with van der Waals surface area (Å²) in [6.07, 6.45) is 0. The van der Waals surface area contributed by atoms with E-state index < -0.39 is 0 Å². The molecular formula is C22H17Cl3N4. The first kappa shape index (κ1) is 19.8. The van der Waals surface area contributed by atoms with Crippen LogP contribution in [0.3, 0.4) is 0 Å². The Morgan fingerprint density at radius 1 is 0.621 bits per heavy atom. The monoisotopic (exact) mass is 442 g/mol. The molecule has 4 nitrogen and oxygen atoms in total. The Balaban J connectivity index is 1.59. The Hall–Kier alpha value is -2.53. The largest absolute Gasteiger partial charge is 0.365 e. The van der Waals surface area contributed by atoms with E-state index in [1.807, 2.05) is 66.7 Å². The molecule has 0 bridgehead atoms. The Kier molecular flexibility index (Phi) is 6.05. The molecule has 0 aliphatic heterocycles. The molecule has 0 aliphatic rings. The number of nitrogens with zero attached hydrogens (tertiary/aromatic N) is 2. The normalized spacial score (nSPS) is 10.9. The number of hydrogen-bond acceptors (Lipinski definition) is 4. The van der Waals surface area contributed by atoms with Gasteiger partial charge in [0.25, 0.3) is 0 Å². The van der Waals surface area contributed by atoms with E-state index >= 15 is 0 Å². The molecule has 2 N–H and O–H groups in total. The van der Waals surface area contributed by atoms with Crippen molar-refractivity contribution in [1.29, 1.82) is 0 Å². The van der Waals surface area contributed by atoms with E-state index in [4.69, 9.17) is 34.8 Å². The van der Waals surface area contributed by atoms with Gasteiger partial charge in [-0.25, -0.2) is 4.98 Å². The maximum Gasteiger partial charge on any atom is 0.225 e. The lowest BCUT2D eigenvalue weighted by Crippen LogP contribution is -2.08. The predicted octanol–water partition coefficient (Wildman–Crippen LogP) is 6.81. The van der Waals surface area contributed by atoms with Crippen molar-refractivity contribution in [3.63, 3.8) is 0 Å². The minimum atomic E-state index is 0.522. The summed E-state index contributed by atoms with van der Waals surface area (Å²) >= 11 is 18.1. The molecule has 0 aliphatic carbocycles. The van der Waals surface area contributed by atoms with E-state index in [1.165, 1.54) is 0 Å². The predicted molar refractivity (Wildman–Crippen MR) is 122 cm³/mol. The zero-order chi connectivity index (χ0) is 20.2. The van der Waals surface area contributed by atoms with Gasteiger partial charge in [-0.1, -0.05) is 59.1 Å². The van der Waals surface area contributed by atoms with Crippen molar-refractivity contribution < 1.29 is 0 Å². The number of anilines is 2. The van der Waals surface area contributed by atoms with Gasteiger partial charge < -0.3 is 10.6 Å². The summed E-state index contributed by atoms with van der Waals surface area (Å²) in [7, 11) is 0. The van der Waals surface area contributed by atoms with Gasteiger partial charge in [-0.2, -0.15) is 4.98 Å². The maximum atomic E-state index is 6.17. The molecule has 0 radical (unpaired) electrons. The van der Waals surface area contributed by atoms with Crippen molar-refractivity contribution in [3.8, 4) is 0 Å². The smallest absolute Gasteiger partial charge is 0.225 e. The number of benzene rings is 3. The Morgan fingerprint density at radius 3 is 1.79 bits per heavy atom. The van der Waals surface area contributed by atoms with Crippen molar-refractivity contribution in [2.45, 2.75) is 13.1 Å². The number of fused-ring (bicyclic) bond motifs is 1. The highest BCUT2D eigenvalue weighted by Gasteiger charge is 2.09. The van der Waals surface area contributed by atoms with Crippen LogP contribution in [-0.4, -0.2) is 9.97 Å². The minimum absolute atomic E-state index is 0.522. The molecule has 0 unspecified atom stereocenters. The summed E-state index contributed by atoms with van der Waals surface area (Å²) in [4.78, 5) is 9.27. The van der Waals surface area contributed by atoms with Crippen LogP contribution in [0.15, 0.2) is 66.7 Å². The van der Waals surface area contributed by atoms with Gasteiger partial charge in [-0.05, 0) is 53.6 Å². The molecule has 1 aromatic heterocycles. The van der Waals surface area contributed by atoms with Crippen LogP contribution >= 0.6 is 34.8 Å². The molecule has 0 saturated carbocycles. The van der Waals surface area contributed by atoms with Gasteiger partial charge in [-0.15, -0.1) is 0 Å². The molecule has 0 saturated heterocycles. The molecule has 7 heteroatoms. The topological polar surface area (TPSA) is 49.8 Å². The van der Waals surface area contributed by atoms with Gasteiger partial charge in [-0.3, -0.25) is 0 Å². The quantitative estimate of drug-likeness (QED) is 0.343. The summed E-state index contributed by atoms with van der Waals surface area (Å²) in [6.45, 7) is 1.20. The van der Waals surface area contributed by atoms with Crippen LogP contribution in [0.2, 0.25) is 15.1 Å². The van der Waals surface area contributed by atoms with Gasteiger partial charge in [0.2, 0.25) is 5.95 Å². The minimum Gasteiger partial charge on any atom is -0.365 e. The van der Waals surface area contributed by atoms with Crippen molar-refractivity contribution in [1.82, 2.24) is 9.97 Å². The third kappa shape index (κ3) is 5.10. The van der Waals surface area contributed by atoms with Crippen LogP contribution in [0.4, 0.5) is 11.8 Å². The van der Waals surface area contributed by atoms with Gasteiger partial charge in [0.15, 0.2) is 0 Å². The van der Waals surface area contributed by atoms with E-state index in [-0.39, 0.29) is 0 Å². The fraction of sp³-hybridized carbons (Fsp3) is 0.0909. The highest BCUT2D eigenvalue weighted by molar-refractivity contribution is 6.31. The SMILES string of the molecule is Clc1ccc(CNc2nc(NCc3ccc(Cl)cc3)c3ccc(Cl)cc3n2)cc1. The third-order valence-electron chi connectivity index (χ3n) is 4.40. The zero-order valence-electron chi connectivity index (χ0n) is 15.3. The molecule has 1 heterocycles. The molecule has 3 aromatic carbocycles. The summed E-state index contributed by atoms with van der Waals surface area (Å²) in [5.74, 6) is 1.26. The lowest BCUT2D eigenvalue weighted by molar-refractivity contribution is 1.05. The van der Waals surface area contributed by atoms with Crippen LogP contribution in [0.5, 0.6) is 0 Å². The summed E-state index contributed by atoms with van der Waals surface area (Å²) in [5, 5.41) is 9.62. The number of rotatable bonds is 6. The summed E-state index contributed by atoms with van der Waals surface area (Å²) in [5.41, 5.74) is 2.95. The number of nitrogens with one attached hydrogen (secondary N) is 2. The second-order valence-electron chi connectivity index (χ2n) is 6.52. The van der Waals surface area contributed by atoms with Gasteiger partial charge >= 0.3 is 0 Å². The van der Waals surface area contributed by atoms with Crippen molar-refractivity contribution in [2.24, 2.45) is 0 Å². The average molecular weight is 444 g/mol. The first-order chi connectivity index (χ1) is 14.1. The zero-order valence-corrected chi connectivity index (χ0v) is 17.6. The second-order valence-corrected chi connectivity index (χ2v) is 7.83. The number of hydrogen-bond donors (Lipinski definition) is 2. The number of halogens is 3. The lowest BCUT2D eigenvalue weighted by atomic mass is 10.2. The van der Waals surface area contributed by atoms with Gasteiger partial charge in [0, 0.05) is 33.5 Å². The van der Waals surface area contributed by atoms with E-state index in [1.54, 1.807) is 0 Å². The van der Waals surface area contributed by atoms with Crippen molar-refractivity contribution in [2.75, 3.05) is 10.6 Å². The van der Waals surface area contributed by atoms with E-state index in [0.717, 1.165) is 27.8 Å². The van der Waals surface area contributed by atoms with Crippen molar-refractivity contribution >= 4 is 57.5 Å². The van der Waals surface area contributed by atoms with Gasteiger partial charge in [0.1, 0.15) is 5.82 Å². The second kappa shape index (κ2) is 8.87. The summed E-state index contributed by atoms with van der Waals surface area (Å²) < 4.78 is 0. The van der Waals surface area contributed by atoms with Crippen LogP contribution in [0.25, 0.3) is 10.9 Å². The molecule has 0 fully saturated rings. The summed E-state index contributed by atoms with van der Waals surface area (Å²) in [6, 6.07) is 20.9. The van der Waals surface area contributed by atoms with E-state index in [0.29, 0.717) is 34.1 Å². The fourth-order valence-electron chi connectivity index (χ4n) is 2.89. The van der Waals surface area contributed by atoms with Crippen LogP contribution < -0.4 is 10.6 Å². The van der Waals surface area contributed by atoms with Crippen LogP contribution in [-0.2, 0) is 13.1 Å². The highest BCUT2D eigenvalue weighted by atomic mass is 35.5. The molecule has 146 valence electrons.